The molecular formula is C38H64N4O8. The number of nitrogens with one attached hydrogen (secondary N) is 2. The Kier molecular flexibility index (Phi) is 16.7. The van der Waals surface area contributed by atoms with Crippen LogP contribution in [0.2, 0.25) is 0 Å². The third-order valence-electron chi connectivity index (χ3n) is 9.85. The van der Waals surface area contributed by atoms with Gasteiger partial charge in [-0.15, -0.1) is 0 Å². The van der Waals surface area contributed by atoms with Gasteiger partial charge in [0.05, 0.1) is 48.8 Å². The fraction of sp³-hybridized carbons (Fsp3) is 0.737. The number of benzene rings is 1. The van der Waals surface area contributed by atoms with Crippen LogP contribution >= 0.6 is 0 Å². The summed E-state index contributed by atoms with van der Waals surface area (Å²) < 4.78 is 17.3. The van der Waals surface area contributed by atoms with Gasteiger partial charge in [-0.1, -0.05) is 71.4 Å². The second-order valence-electron chi connectivity index (χ2n) is 15.1. The summed E-state index contributed by atoms with van der Waals surface area (Å²) in [6.07, 6.45) is -0.600. The smallest absolute Gasteiger partial charge is 0.408 e. The first-order valence-electron chi connectivity index (χ1n) is 18.0. The SMILES string of the molecule is CC[C@H](C)[C@@H]([C@@H](CC(=O)N1CCC[C@H]1[C@H](OC)[C@@H](C)C(=O)N[C@H](C)[C@@H](O)c1ccccc1)OC)N(C)C(=O)[C@@H](NC(=O)OC(C)(C)C)C(C)C. The van der Waals surface area contributed by atoms with E-state index < -0.39 is 54.0 Å². The maximum Gasteiger partial charge on any atom is 0.408 e. The Morgan fingerprint density at radius 3 is 2.14 bits per heavy atom. The molecule has 3 N–H and O–H groups in total. The summed E-state index contributed by atoms with van der Waals surface area (Å²) in [7, 11) is 4.78. The van der Waals surface area contributed by atoms with Crippen LogP contribution in [-0.4, -0.2) is 109 Å². The molecule has 9 atom stereocenters. The third kappa shape index (κ3) is 11.7. The zero-order chi connectivity index (χ0) is 37.9. The molecular weight excluding hydrogens is 640 g/mol. The fourth-order valence-electron chi connectivity index (χ4n) is 6.85. The van der Waals surface area contributed by atoms with Gasteiger partial charge in [0, 0.05) is 27.8 Å². The maximum atomic E-state index is 14.1. The number of likely N-dealkylation sites (N-methyl/N-ethyl adjacent to an activating group) is 1. The molecule has 50 heavy (non-hydrogen) atoms. The largest absolute Gasteiger partial charge is 0.444 e. The summed E-state index contributed by atoms with van der Waals surface area (Å²) >= 11 is 0. The predicted octanol–water partition coefficient (Wildman–Crippen LogP) is 4.69. The Morgan fingerprint density at radius 1 is 1.00 bits per heavy atom. The van der Waals surface area contributed by atoms with Crippen molar-refractivity contribution in [2.45, 2.75) is 136 Å². The number of hydrogen-bond acceptors (Lipinski definition) is 8. The van der Waals surface area contributed by atoms with Gasteiger partial charge < -0.3 is 39.8 Å². The molecule has 4 amide bonds. The van der Waals surface area contributed by atoms with Gasteiger partial charge in [-0.25, -0.2) is 4.79 Å². The van der Waals surface area contributed by atoms with Crippen LogP contribution in [0, 0.1) is 17.8 Å². The van der Waals surface area contributed by atoms with Crippen molar-refractivity contribution in [2.24, 2.45) is 17.8 Å². The molecule has 2 rings (SSSR count). The van der Waals surface area contributed by atoms with E-state index in [1.165, 1.54) is 0 Å². The number of carbonyl (C=O) groups excluding carboxylic acids is 4. The predicted molar refractivity (Wildman–Crippen MR) is 193 cm³/mol. The van der Waals surface area contributed by atoms with Gasteiger partial charge in [-0.05, 0) is 57.9 Å². The first kappa shape index (κ1) is 42.9. The number of likely N-dealkylation sites (tertiary alicyclic amines) is 1. The first-order chi connectivity index (χ1) is 23.4. The first-order valence-corrected chi connectivity index (χ1v) is 18.0. The van der Waals surface area contributed by atoms with Crippen LogP contribution in [0.5, 0.6) is 0 Å². The molecule has 0 saturated carbocycles. The highest BCUT2D eigenvalue weighted by Gasteiger charge is 2.43. The number of carbonyl (C=O) groups is 4. The summed E-state index contributed by atoms with van der Waals surface area (Å²) in [5, 5.41) is 16.5. The van der Waals surface area contributed by atoms with Gasteiger partial charge in [0.1, 0.15) is 11.6 Å². The molecule has 0 aliphatic carbocycles. The van der Waals surface area contributed by atoms with Gasteiger partial charge in [-0.2, -0.15) is 0 Å². The van der Waals surface area contributed by atoms with Crippen LogP contribution in [-0.2, 0) is 28.6 Å². The molecule has 1 aliphatic heterocycles. The Morgan fingerprint density at radius 2 is 1.62 bits per heavy atom. The van der Waals surface area contributed by atoms with Crippen LogP contribution in [0.1, 0.15) is 99.7 Å². The number of rotatable bonds is 17. The molecule has 0 bridgehead atoms. The molecule has 1 aliphatic rings. The van der Waals surface area contributed by atoms with Crippen molar-refractivity contribution in [2.75, 3.05) is 27.8 Å². The zero-order valence-electron chi connectivity index (χ0n) is 32.4. The van der Waals surface area contributed by atoms with E-state index >= 15 is 0 Å². The van der Waals surface area contributed by atoms with Crippen LogP contribution in [0.4, 0.5) is 4.79 Å². The Bertz CT molecular complexity index is 1240. The van der Waals surface area contributed by atoms with Crippen LogP contribution in [0.15, 0.2) is 30.3 Å². The van der Waals surface area contributed by atoms with Crippen molar-refractivity contribution in [1.29, 1.82) is 0 Å². The topological polar surface area (TPSA) is 147 Å². The average Bonchev–Trinajstić information content (AvgIpc) is 3.55. The van der Waals surface area contributed by atoms with E-state index in [1.807, 2.05) is 58.0 Å². The van der Waals surface area contributed by atoms with Gasteiger partial charge in [0.15, 0.2) is 0 Å². The number of aliphatic hydroxyl groups excluding tert-OH is 1. The molecule has 0 spiro atoms. The molecule has 284 valence electrons. The monoisotopic (exact) mass is 704 g/mol. The summed E-state index contributed by atoms with van der Waals surface area (Å²) in [5.41, 5.74) is -0.0138. The number of amides is 4. The van der Waals surface area contributed by atoms with Gasteiger partial charge in [-0.3, -0.25) is 14.4 Å². The van der Waals surface area contributed by atoms with Crippen molar-refractivity contribution < 1.29 is 38.5 Å². The number of alkyl carbamates (subject to hydrolysis) is 1. The minimum Gasteiger partial charge on any atom is -0.444 e. The summed E-state index contributed by atoms with van der Waals surface area (Å²) in [6.45, 7) is 17.1. The zero-order valence-corrected chi connectivity index (χ0v) is 32.4. The Balaban J connectivity index is 2.22. The fourth-order valence-corrected chi connectivity index (χ4v) is 6.85. The Hall–Kier alpha value is -3.22. The van der Waals surface area contributed by atoms with Gasteiger partial charge in [0.25, 0.3) is 0 Å². The van der Waals surface area contributed by atoms with Crippen LogP contribution in [0.3, 0.4) is 0 Å². The maximum absolute atomic E-state index is 14.1. The van der Waals surface area contributed by atoms with Crippen LogP contribution < -0.4 is 10.6 Å². The lowest BCUT2D eigenvalue weighted by Crippen LogP contribution is -2.58. The number of nitrogens with zero attached hydrogens (tertiary/aromatic N) is 2. The summed E-state index contributed by atoms with van der Waals surface area (Å²) in [4.78, 5) is 57.5. The molecule has 12 nitrogen and oxygen atoms in total. The highest BCUT2D eigenvalue weighted by Crippen LogP contribution is 2.30. The molecule has 1 fully saturated rings. The lowest BCUT2D eigenvalue weighted by atomic mass is 9.89. The molecule has 12 heteroatoms. The lowest BCUT2D eigenvalue weighted by Gasteiger charge is -2.40. The van der Waals surface area contributed by atoms with E-state index in [9.17, 15) is 24.3 Å². The highest BCUT2D eigenvalue weighted by atomic mass is 16.6. The normalized spacial score (nSPS) is 19.8. The summed E-state index contributed by atoms with van der Waals surface area (Å²) in [6, 6.07) is 6.97. The van der Waals surface area contributed by atoms with Crippen molar-refractivity contribution in [3.63, 3.8) is 0 Å². The highest BCUT2D eigenvalue weighted by molar-refractivity contribution is 5.86. The van der Waals surface area contributed by atoms with E-state index in [4.69, 9.17) is 14.2 Å². The molecule has 1 aromatic rings. The van der Waals surface area contributed by atoms with E-state index in [-0.39, 0.29) is 42.0 Å². The second kappa shape index (κ2) is 19.4. The standard InChI is InChI=1S/C38H64N4O8/c1-13-24(4)32(41(10)36(46)31(23(2)3)40-37(47)50-38(7,8)9)29(48-11)22-30(43)42-21-17-20-28(42)34(49-12)25(5)35(45)39-26(6)33(44)27-18-15-14-16-19-27/h14-16,18-19,23-26,28-29,31-34,44H,13,17,20-22H2,1-12H3,(H,39,45)(H,40,47)/t24-,25+,26+,28-,29+,31-,32-,33+,34+/m0/s1. The van der Waals surface area contributed by atoms with E-state index in [0.29, 0.717) is 18.5 Å². The number of hydrogen-bond donors (Lipinski definition) is 3. The lowest BCUT2D eigenvalue weighted by molar-refractivity contribution is -0.147. The quantitative estimate of drug-likeness (QED) is 0.212. The number of aliphatic hydroxyl groups is 1. The number of ether oxygens (including phenoxy) is 3. The molecule has 1 heterocycles. The summed E-state index contributed by atoms with van der Waals surface area (Å²) in [5.74, 6) is -1.58. The van der Waals surface area contributed by atoms with Crippen molar-refractivity contribution in [1.82, 2.24) is 20.4 Å². The van der Waals surface area contributed by atoms with E-state index in [2.05, 4.69) is 10.6 Å². The van der Waals surface area contributed by atoms with E-state index in [1.54, 1.807) is 65.7 Å². The number of methoxy groups -OCH3 is 2. The third-order valence-corrected chi connectivity index (χ3v) is 9.85. The molecule has 0 unspecified atom stereocenters. The van der Waals surface area contributed by atoms with Crippen molar-refractivity contribution >= 4 is 23.8 Å². The Labute approximate surface area is 300 Å². The molecule has 1 saturated heterocycles. The van der Waals surface area contributed by atoms with Crippen molar-refractivity contribution in [3.05, 3.63) is 35.9 Å². The second-order valence-corrected chi connectivity index (χ2v) is 15.1. The minimum absolute atomic E-state index is 0.0166. The molecule has 0 radical (unpaired) electrons. The van der Waals surface area contributed by atoms with Crippen molar-refractivity contribution in [3.8, 4) is 0 Å². The minimum atomic E-state index is -0.878. The average molecular weight is 705 g/mol. The van der Waals surface area contributed by atoms with Gasteiger partial charge >= 0.3 is 6.09 Å². The van der Waals surface area contributed by atoms with Gasteiger partial charge in [0.2, 0.25) is 17.7 Å². The molecule has 1 aromatic carbocycles. The molecule has 0 aromatic heterocycles. The van der Waals surface area contributed by atoms with Crippen LogP contribution in [0.25, 0.3) is 0 Å². The van der Waals surface area contributed by atoms with E-state index in [0.717, 1.165) is 12.8 Å².